The van der Waals surface area contributed by atoms with Crippen LogP contribution in [0.2, 0.25) is 0 Å². The molecule has 0 atom stereocenters. The molecule has 2 N–H and O–H groups in total. The molecule has 1 rings (SSSR count). The Morgan fingerprint density at radius 1 is 1.50 bits per heavy atom. The fraction of sp³-hybridized carbons (Fsp3) is 0.467. The summed E-state index contributed by atoms with van der Waals surface area (Å²) in [5.41, 5.74) is 0.687. The number of methoxy groups -OCH3 is 1. The molecule has 1 heterocycles. The first-order valence-electron chi connectivity index (χ1n) is 6.36. The summed E-state index contributed by atoms with van der Waals surface area (Å²) >= 11 is 0. The minimum Gasteiger partial charge on any atom is -0.395 e. The van der Waals surface area contributed by atoms with Crippen LogP contribution in [-0.2, 0) is 4.74 Å². The summed E-state index contributed by atoms with van der Waals surface area (Å²) in [5, 5.41) is 11.5. The maximum absolute atomic E-state index is 12.0. The van der Waals surface area contributed by atoms with E-state index in [-0.39, 0.29) is 12.5 Å². The molecule has 1 aromatic rings. The van der Waals surface area contributed by atoms with E-state index >= 15 is 0 Å². The molecule has 108 valence electrons. The number of nitrogens with zero attached hydrogens (tertiary/aromatic N) is 1. The summed E-state index contributed by atoms with van der Waals surface area (Å²) in [7, 11) is 1.60. The molecule has 0 saturated heterocycles. The molecule has 1 aromatic heterocycles. The summed E-state index contributed by atoms with van der Waals surface area (Å²) in [4.78, 5) is 16.0. The predicted octanol–water partition coefficient (Wildman–Crippen LogP) is 0.970. The number of rotatable bonds is 5. The number of amides is 1. The van der Waals surface area contributed by atoms with Crippen LogP contribution in [0.3, 0.4) is 0 Å². The Balaban J connectivity index is 2.70. The number of carbonyl (C=O) groups excluding carboxylic acids is 1. The van der Waals surface area contributed by atoms with Gasteiger partial charge in [-0.2, -0.15) is 0 Å². The van der Waals surface area contributed by atoms with Gasteiger partial charge in [-0.3, -0.25) is 9.78 Å². The highest BCUT2D eigenvalue weighted by molar-refractivity contribution is 5.94. The van der Waals surface area contributed by atoms with Crippen molar-refractivity contribution < 1.29 is 14.6 Å². The molecular weight excluding hydrogens is 256 g/mol. The molecule has 5 nitrogen and oxygen atoms in total. The third-order valence-electron chi connectivity index (χ3n) is 2.70. The van der Waals surface area contributed by atoms with Crippen molar-refractivity contribution in [2.24, 2.45) is 0 Å². The number of ether oxygens (including phenoxy) is 1. The van der Waals surface area contributed by atoms with Crippen molar-refractivity contribution in [3.8, 4) is 11.8 Å². The van der Waals surface area contributed by atoms with Gasteiger partial charge in [0.15, 0.2) is 0 Å². The molecule has 1 amide bonds. The zero-order valence-corrected chi connectivity index (χ0v) is 12.1. The van der Waals surface area contributed by atoms with Crippen LogP contribution in [0.15, 0.2) is 18.5 Å². The SMILES string of the molecule is COC(C)(C)CNC(=O)c1cncc(C#CCCO)c1. The third kappa shape index (κ3) is 5.39. The summed E-state index contributed by atoms with van der Waals surface area (Å²) in [6, 6.07) is 1.67. The Labute approximate surface area is 119 Å². The zero-order valence-electron chi connectivity index (χ0n) is 12.1. The van der Waals surface area contributed by atoms with Crippen molar-refractivity contribution in [1.82, 2.24) is 10.3 Å². The minimum absolute atomic E-state index is 0.0205. The molecular formula is C15H20N2O3. The van der Waals surface area contributed by atoms with E-state index in [1.807, 2.05) is 13.8 Å². The maximum atomic E-state index is 12.0. The Kier molecular flexibility index (Phi) is 6.16. The van der Waals surface area contributed by atoms with Crippen molar-refractivity contribution in [3.05, 3.63) is 29.6 Å². The number of carbonyl (C=O) groups is 1. The van der Waals surface area contributed by atoms with Crippen LogP contribution in [0.5, 0.6) is 0 Å². The van der Waals surface area contributed by atoms with Crippen LogP contribution in [-0.4, -0.2) is 41.9 Å². The fourth-order valence-electron chi connectivity index (χ4n) is 1.32. The van der Waals surface area contributed by atoms with Gasteiger partial charge in [-0.1, -0.05) is 11.8 Å². The van der Waals surface area contributed by atoms with E-state index < -0.39 is 5.60 Å². The van der Waals surface area contributed by atoms with Crippen LogP contribution in [0, 0.1) is 11.8 Å². The van der Waals surface area contributed by atoms with E-state index in [0.29, 0.717) is 24.1 Å². The van der Waals surface area contributed by atoms with Crippen molar-refractivity contribution in [1.29, 1.82) is 0 Å². The van der Waals surface area contributed by atoms with E-state index in [2.05, 4.69) is 22.1 Å². The van der Waals surface area contributed by atoms with Gasteiger partial charge < -0.3 is 15.2 Å². The van der Waals surface area contributed by atoms with Gasteiger partial charge in [-0.15, -0.1) is 0 Å². The first-order chi connectivity index (χ1) is 9.48. The smallest absolute Gasteiger partial charge is 0.252 e. The van der Waals surface area contributed by atoms with Crippen molar-refractivity contribution in [3.63, 3.8) is 0 Å². The highest BCUT2D eigenvalue weighted by Gasteiger charge is 2.18. The van der Waals surface area contributed by atoms with E-state index in [1.165, 1.54) is 6.20 Å². The number of aliphatic hydroxyl groups is 1. The standard InChI is InChI=1S/C15H20N2O3/c1-15(2,20-3)11-17-14(19)13-8-12(9-16-10-13)6-4-5-7-18/h8-10,18H,5,7,11H2,1-3H3,(H,17,19). The van der Waals surface area contributed by atoms with Crippen molar-refractivity contribution in [2.75, 3.05) is 20.3 Å². The molecule has 0 spiro atoms. The molecule has 0 unspecified atom stereocenters. The zero-order chi connectivity index (χ0) is 15.0. The highest BCUT2D eigenvalue weighted by Crippen LogP contribution is 2.06. The molecule has 0 aromatic carbocycles. The average Bonchev–Trinajstić information content (AvgIpc) is 2.45. The number of hydrogen-bond donors (Lipinski definition) is 2. The van der Waals surface area contributed by atoms with Crippen molar-refractivity contribution >= 4 is 5.91 Å². The quantitative estimate of drug-likeness (QED) is 0.786. The number of pyridine rings is 1. The van der Waals surface area contributed by atoms with E-state index in [0.717, 1.165) is 0 Å². The second-order valence-corrected chi connectivity index (χ2v) is 4.88. The van der Waals surface area contributed by atoms with Gasteiger partial charge in [0.05, 0.1) is 17.8 Å². The van der Waals surface area contributed by atoms with Crippen LogP contribution in [0.1, 0.15) is 36.2 Å². The van der Waals surface area contributed by atoms with Gasteiger partial charge >= 0.3 is 0 Å². The molecule has 0 aliphatic carbocycles. The molecule has 20 heavy (non-hydrogen) atoms. The van der Waals surface area contributed by atoms with E-state index in [1.54, 1.807) is 19.4 Å². The van der Waals surface area contributed by atoms with Crippen LogP contribution >= 0.6 is 0 Å². The van der Waals surface area contributed by atoms with E-state index in [9.17, 15) is 4.79 Å². The Bertz CT molecular complexity index is 515. The monoisotopic (exact) mass is 276 g/mol. The third-order valence-corrected chi connectivity index (χ3v) is 2.70. The molecule has 0 aliphatic heterocycles. The van der Waals surface area contributed by atoms with Crippen LogP contribution in [0.25, 0.3) is 0 Å². The average molecular weight is 276 g/mol. The lowest BCUT2D eigenvalue weighted by Crippen LogP contribution is -2.39. The molecule has 5 heteroatoms. The molecule has 0 bridgehead atoms. The van der Waals surface area contributed by atoms with Gasteiger partial charge in [0.1, 0.15) is 0 Å². The second kappa shape index (κ2) is 7.63. The van der Waals surface area contributed by atoms with E-state index in [4.69, 9.17) is 9.84 Å². The Morgan fingerprint density at radius 2 is 2.25 bits per heavy atom. The summed E-state index contributed by atoms with van der Waals surface area (Å²) < 4.78 is 5.24. The number of nitrogens with one attached hydrogen (secondary N) is 1. The molecule has 0 radical (unpaired) electrons. The minimum atomic E-state index is -0.415. The van der Waals surface area contributed by atoms with Gasteiger partial charge in [0.2, 0.25) is 0 Å². The normalized spacial score (nSPS) is 10.6. The van der Waals surface area contributed by atoms with Gasteiger partial charge in [0.25, 0.3) is 5.91 Å². The lowest BCUT2D eigenvalue weighted by molar-refractivity contribution is 0.0228. The molecule has 0 fully saturated rings. The van der Waals surface area contributed by atoms with Gasteiger partial charge in [0, 0.05) is 38.0 Å². The molecule has 0 saturated carbocycles. The number of hydrogen-bond acceptors (Lipinski definition) is 4. The fourth-order valence-corrected chi connectivity index (χ4v) is 1.32. The summed E-state index contributed by atoms with van der Waals surface area (Å²) in [5.74, 6) is 5.42. The number of aromatic nitrogens is 1. The maximum Gasteiger partial charge on any atom is 0.252 e. The number of aliphatic hydroxyl groups excluding tert-OH is 1. The Hall–Kier alpha value is -1.90. The largest absolute Gasteiger partial charge is 0.395 e. The second-order valence-electron chi connectivity index (χ2n) is 4.88. The summed E-state index contributed by atoms with van der Waals surface area (Å²) in [6.45, 7) is 4.21. The van der Waals surface area contributed by atoms with Crippen molar-refractivity contribution in [2.45, 2.75) is 25.9 Å². The Morgan fingerprint density at radius 3 is 2.90 bits per heavy atom. The van der Waals surface area contributed by atoms with Gasteiger partial charge in [-0.25, -0.2) is 0 Å². The molecule has 0 aliphatic rings. The topological polar surface area (TPSA) is 71.5 Å². The first kappa shape index (κ1) is 16.2. The lowest BCUT2D eigenvalue weighted by atomic mass is 10.1. The first-order valence-corrected chi connectivity index (χ1v) is 6.36. The van der Waals surface area contributed by atoms with Gasteiger partial charge in [-0.05, 0) is 19.9 Å². The highest BCUT2D eigenvalue weighted by atomic mass is 16.5. The predicted molar refractivity (Wildman–Crippen MR) is 76.2 cm³/mol. The van der Waals surface area contributed by atoms with Crippen LogP contribution < -0.4 is 5.32 Å². The summed E-state index contributed by atoms with van der Waals surface area (Å²) in [6.07, 6.45) is 3.48. The lowest BCUT2D eigenvalue weighted by Gasteiger charge is -2.23. The van der Waals surface area contributed by atoms with Crippen LogP contribution in [0.4, 0.5) is 0 Å².